The summed E-state index contributed by atoms with van der Waals surface area (Å²) in [4.78, 5) is 21.9. The molecule has 0 saturated heterocycles. The van der Waals surface area contributed by atoms with Gasteiger partial charge < -0.3 is 14.3 Å². The van der Waals surface area contributed by atoms with Gasteiger partial charge >= 0.3 is 0 Å². The Hall–Kier alpha value is -3.78. The highest BCUT2D eigenvalue weighted by Gasteiger charge is 2.23. The van der Waals surface area contributed by atoms with E-state index in [1.54, 1.807) is 36.7 Å². The van der Waals surface area contributed by atoms with Crippen LogP contribution in [0.2, 0.25) is 0 Å². The number of imidazole rings is 1. The smallest absolute Gasteiger partial charge is 0.287 e. The van der Waals surface area contributed by atoms with Gasteiger partial charge in [0.1, 0.15) is 17.7 Å². The van der Waals surface area contributed by atoms with Crippen LogP contribution in [0, 0.1) is 5.82 Å². The molecule has 5 aromatic rings. The number of furan rings is 1. The lowest BCUT2D eigenvalue weighted by Gasteiger charge is -2.18. The molecule has 5 rings (SSSR count). The molecule has 0 aliphatic carbocycles. The summed E-state index contributed by atoms with van der Waals surface area (Å²) in [7, 11) is 1.84. The predicted octanol–water partition coefficient (Wildman–Crippen LogP) is 4.95. The van der Waals surface area contributed by atoms with E-state index < -0.39 is 11.9 Å². The van der Waals surface area contributed by atoms with E-state index >= 15 is 0 Å². The van der Waals surface area contributed by atoms with Crippen molar-refractivity contribution < 1.29 is 13.6 Å². The average Bonchev–Trinajstić information content (AvgIpc) is 3.51. The van der Waals surface area contributed by atoms with Gasteiger partial charge in [0.2, 0.25) is 0 Å². The standard InChI is InChI=1S/C23H17FN4O2S/c1-28-13-12-25-21(28)20(14-6-8-15(24)9-7-14)27-22(29)17-10-11-18(30-17)23-26-16-4-2-3-5-19(16)31-23/h2-13,20H,1H3,(H,27,29). The van der Waals surface area contributed by atoms with Crippen LogP contribution in [-0.2, 0) is 7.05 Å². The molecule has 0 saturated carbocycles. The minimum atomic E-state index is -0.566. The molecule has 1 N–H and O–H groups in total. The first kappa shape index (κ1) is 19.2. The summed E-state index contributed by atoms with van der Waals surface area (Å²) in [6.07, 6.45) is 3.44. The second kappa shape index (κ2) is 7.81. The minimum absolute atomic E-state index is 0.163. The zero-order valence-electron chi connectivity index (χ0n) is 16.4. The van der Waals surface area contributed by atoms with Crippen molar-refractivity contribution in [2.75, 3.05) is 0 Å². The fourth-order valence-corrected chi connectivity index (χ4v) is 4.29. The van der Waals surface area contributed by atoms with E-state index in [1.165, 1.54) is 23.5 Å². The number of amides is 1. The average molecular weight is 432 g/mol. The monoisotopic (exact) mass is 432 g/mol. The summed E-state index contributed by atoms with van der Waals surface area (Å²) in [5.74, 6) is 0.569. The van der Waals surface area contributed by atoms with Crippen LogP contribution in [0.1, 0.15) is 28.0 Å². The Kier molecular flexibility index (Phi) is 4.83. The molecule has 1 unspecified atom stereocenters. The molecule has 31 heavy (non-hydrogen) atoms. The SMILES string of the molecule is Cn1ccnc1C(NC(=O)c1ccc(-c2nc3ccccc3s2)o1)c1ccc(F)cc1. The lowest BCUT2D eigenvalue weighted by molar-refractivity contribution is 0.0914. The Morgan fingerprint density at radius 1 is 1.13 bits per heavy atom. The predicted molar refractivity (Wildman–Crippen MR) is 116 cm³/mol. The van der Waals surface area contributed by atoms with E-state index in [-0.39, 0.29) is 11.6 Å². The third-order valence-electron chi connectivity index (χ3n) is 4.93. The fraction of sp³-hybridized carbons (Fsp3) is 0.0870. The Bertz CT molecular complexity index is 1340. The first-order chi connectivity index (χ1) is 15.1. The van der Waals surface area contributed by atoms with E-state index in [9.17, 15) is 9.18 Å². The third-order valence-corrected chi connectivity index (χ3v) is 5.98. The molecule has 0 aliphatic heterocycles. The summed E-state index contributed by atoms with van der Waals surface area (Å²) in [5, 5.41) is 3.66. The first-order valence-electron chi connectivity index (χ1n) is 9.58. The Morgan fingerprint density at radius 2 is 1.94 bits per heavy atom. The van der Waals surface area contributed by atoms with Crippen LogP contribution < -0.4 is 5.32 Å². The summed E-state index contributed by atoms with van der Waals surface area (Å²) in [6, 6.07) is 16.6. The third kappa shape index (κ3) is 3.73. The maximum atomic E-state index is 13.4. The van der Waals surface area contributed by atoms with E-state index in [1.807, 2.05) is 35.9 Å². The van der Waals surface area contributed by atoms with Crippen LogP contribution in [0.5, 0.6) is 0 Å². The lowest BCUT2D eigenvalue weighted by Crippen LogP contribution is -2.30. The Labute approximate surface area is 181 Å². The van der Waals surface area contributed by atoms with E-state index in [2.05, 4.69) is 15.3 Å². The first-order valence-corrected chi connectivity index (χ1v) is 10.4. The van der Waals surface area contributed by atoms with E-state index in [4.69, 9.17) is 4.42 Å². The van der Waals surface area contributed by atoms with Gasteiger partial charge in [-0.2, -0.15) is 0 Å². The van der Waals surface area contributed by atoms with Crippen LogP contribution in [0.3, 0.4) is 0 Å². The van der Waals surface area contributed by atoms with Gasteiger partial charge in [-0.25, -0.2) is 14.4 Å². The van der Waals surface area contributed by atoms with Gasteiger partial charge in [0, 0.05) is 19.4 Å². The molecular formula is C23H17FN4O2S. The van der Waals surface area contributed by atoms with Crippen LogP contribution in [-0.4, -0.2) is 20.4 Å². The number of aryl methyl sites for hydroxylation is 1. The molecule has 6 nitrogen and oxygen atoms in total. The zero-order valence-corrected chi connectivity index (χ0v) is 17.3. The summed E-state index contributed by atoms with van der Waals surface area (Å²) < 4.78 is 22.1. The normalized spacial score (nSPS) is 12.2. The van der Waals surface area contributed by atoms with Gasteiger partial charge in [-0.05, 0) is 42.0 Å². The maximum Gasteiger partial charge on any atom is 0.287 e. The fourth-order valence-electron chi connectivity index (χ4n) is 3.36. The van der Waals surface area contributed by atoms with Crippen LogP contribution in [0.4, 0.5) is 4.39 Å². The molecule has 0 spiro atoms. The highest BCUT2D eigenvalue weighted by Crippen LogP contribution is 2.31. The largest absolute Gasteiger partial charge is 0.448 e. The van der Waals surface area contributed by atoms with Gasteiger partial charge in [-0.3, -0.25) is 4.79 Å². The maximum absolute atomic E-state index is 13.4. The summed E-state index contributed by atoms with van der Waals surface area (Å²) in [6.45, 7) is 0. The molecule has 0 radical (unpaired) electrons. The van der Waals surface area contributed by atoms with E-state index in [0.717, 1.165) is 10.2 Å². The Balaban J connectivity index is 1.43. The molecule has 0 bridgehead atoms. The quantitative estimate of drug-likeness (QED) is 0.427. The number of benzene rings is 2. The van der Waals surface area contributed by atoms with Crippen LogP contribution >= 0.6 is 11.3 Å². The molecule has 1 amide bonds. The van der Waals surface area contributed by atoms with E-state index in [0.29, 0.717) is 22.2 Å². The number of hydrogen-bond donors (Lipinski definition) is 1. The molecule has 8 heteroatoms. The number of nitrogens with one attached hydrogen (secondary N) is 1. The zero-order chi connectivity index (χ0) is 21.4. The van der Waals surface area contributed by atoms with Crippen molar-refractivity contribution in [3.05, 3.63) is 96.0 Å². The van der Waals surface area contributed by atoms with Crippen molar-refractivity contribution in [3.8, 4) is 10.8 Å². The molecule has 0 aliphatic rings. The number of fused-ring (bicyclic) bond motifs is 1. The number of carbonyl (C=O) groups is 1. The summed E-state index contributed by atoms with van der Waals surface area (Å²) >= 11 is 1.50. The molecule has 0 fully saturated rings. The minimum Gasteiger partial charge on any atom is -0.448 e. The van der Waals surface area contributed by atoms with Gasteiger partial charge in [0.25, 0.3) is 5.91 Å². The van der Waals surface area contributed by atoms with Crippen LogP contribution in [0.25, 0.3) is 21.0 Å². The second-order valence-corrected chi connectivity index (χ2v) is 8.04. The molecule has 2 aromatic carbocycles. The number of hydrogen-bond acceptors (Lipinski definition) is 5. The van der Waals surface area contributed by atoms with Crippen molar-refractivity contribution in [1.82, 2.24) is 19.9 Å². The van der Waals surface area contributed by atoms with Crippen molar-refractivity contribution >= 4 is 27.5 Å². The number of aromatic nitrogens is 3. The molecular weight excluding hydrogens is 415 g/mol. The summed E-state index contributed by atoms with van der Waals surface area (Å²) in [5.41, 5.74) is 1.60. The second-order valence-electron chi connectivity index (χ2n) is 7.01. The van der Waals surface area contributed by atoms with Crippen molar-refractivity contribution in [3.63, 3.8) is 0 Å². The molecule has 3 heterocycles. The Morgan fingerprint density at radius 3 is 2.68 bits per heavy atom. The van der Waals surface area contributed by atoms with Crippen LogP contribution in [0.15, 0.2) is 77.5 Å². The molecule has 1 atom stereocenters. The molecule has 3 aromatic heterocycles. The molecule has 154 valence electrons. The highest BCUT2D eigenvalue weighted by molar-refractivity contribution is 7.21. The van der Waals surface area contributed by atoms with Crippen molar-refractivity contribution in [2.24, 2.45) is 7.05 Å². The van der Waals surface area contributed by atoms with Gasteiger partial charge in [-0.15, -0.1) is 11.3 Å². The number of carbonyl (C=O) groups excluding carboxylic acids is 1. The number of thiazole rings is 1. The number of para-hydroxylation sites is 1. The van der Waals surface area contributed by atoms with Gasteiger partial charge in [0.15, 0.2) is 16.5 Å². The van der Waals surface area contributed by atoms with Crippen molar-refractivity contribution in [1.29, 1.82) is 0 Å². The number of halogens is 1. The van der Waals surface area contributed by atoms with Gasteiger partial charge in [-0.1, -0.05) is 24.3 Å². The van der Waals surface area contributed by atoms with Gasteiger partial charge in [0.05, 0.1) is 10.2 Å². The number of nitrogens with zero attached hydrogens (tertiary/aromatic N) is 3. The highest BCUT2D eigenvalue weighted by atomic mass is 32.1. The number of rotatable bonds is 5. The topological polar surface area (TPSA) is 73.0 Å². The van der Waals surface area contributed by atoms with Crippen molar-refractivity contribution in [2.45, 2.75) is 6.04 Å². The lowest BCUT2D eigenvalue weighted by atomic mass is 10.1.